The molecule has 23 heteroatoms. The van der Waals surface area contributed by atoms with E-state index in [1.54, 1.807) is 0 Å². The number of amides is 1. The SMILES string of the molecule is NC(=O)c1ccc[n+]([C@H]2O[C@@H](COP(=O)(O)OP(=O)(O)OC[C@@H]3O[C@H](n4cnc5c(N)ncnc54)C(O)C3O)C(O)C2O)c1. The summed E-state index contributed by atoms with van der Waals surface area (Å²) in [4.78, 5) is 43.3. The Kier molecular flexibility index (Phi) is 9.13. The highest BCUT2D eigenvalue weighted by atomic mass is 31.3. The summed E-state index contributed by atoms with van der Waals surface area (Å²) >= 11 is 0. The zero-order valence-corrected chi connectivity index (χ0v) is 24.0. The van der Waals surface area contributed by atoms with Crippen molar-refractivity contribution in [2.75, 3.05) is 18.9 Å². The predicted molar refractivity (Wildman–Crippen MR) is 139 cm³/mol. The average molecular weight is 664 g/mol. The molecule has 3 aromatic heterocycles. The molecule has 0 saturated carbocycles. The van der Waals surface area contributed by atoms with Gasteiger partial charge in [-0.15, -0.1) is 0 Å². The molecule has 0 aromatic carbocycles. The molecule has 6 unspecified atom stereocenters. The molecule has 5 rings (SSSR count). The van der Waals surface area contributed by atoms with Crippen molar-refractivity contribution in [2.45, 2.75) is 49.1 Å². The number of fused-ring (bicyclic) bond motifs is 1. The normalized spacial score (nSPS) is 31.6. The van der Waals surface area contributed by atoms with E-state index in [4.69, 9.17) is 25.5 Å². The number of rotatable bonds is 11. The first-order valence-corrected chi connectivity index (χ1v) is 15.6. The highest BCUT2D eigenvalue weighted by Crippen LogP contribution is 2.60. The number of aliphatic hydroxyl groups is 4. The minimum Gasteiger partial charge on any atom is -0.387 e. The van der Waals surface area contributed by atoms with Gasteiger partial charge in [0.1, 0.15) is 47.9 Å². The number of phosphoric acid groups is 2. The number of phosphoric ester groups is 2. The van der Waals surface area contributed by atoms with Gasteiger partial charge < -0.3 is 51.2 Å². The molecule has 5 heterocycles. The average Bonchev–Trinajstić information content (AvgIpc) is 3.61. The van der Waals surface area contributed by atoms with Crippen LogP contribution in [0, 0.1) is 0 Å². The molecule has 10 N–H and O–H groups in total. The molecular formula is C21H28N7O14P2+. The van der Waals surface area contributed by atoms with Crippen LogP contribution in [-0.2, 0) is 32.0 Å². The number of nitrogen functional groups attached to an aromatic ring is 1. The lowest BCUT2D eigenvalue weighted by Gasteiger charge is -2.20. The van der Waals surface area contributed by atoms with Crippen molar-refractivity contribution in [3.05, 3.63) is 42.7 Å². The molecule has 2 aliphatic rings. The number of imidazole rings is 1. The minimum absolute atomic E-state index is 0.0505. The largest absolute Gasteiger partial charge is 0.481 e. The summed E-state index contributed by atoms with van der Waals surface area (Å²) in [6, 6.07) is 2.83. The number of carbonyl (C=O) groups is 1. The van der Waals surface area contributed by atoms with Crippen molar-refractivity contribution in [1.82, 2.24) is 19.5 Å². The number of nitrogens with two attached hydrogens (primary N) is 2. The number of hydrogen-bond acceptors (Lipinski definition) is 16. The van der Waals surface area contributed by atoms with Crippen LogP contribution in [0.3, 0.4) is 0 Å². The van der Waals surface area contributed by atoms with E-state index in [9.17, 15) is 44.1 Å². The van der Waals surface area contributed by atoms with Gasteiger partial charge in [0, 0.05) is 6.07 Å². The summed E-state index contributed by atoms with van der Waals surface area (Å²) in [5.41, 5.74) is 11.4. The van der Waals surface area contributed by atoms with Crippen molar-refractivity contribution in [3.8, 4) is 0 Å². The highest BCUT2D eigenvalue weighted by molar-refractivity contribution is 7.61. The van der Waals surface area contributed by atoms with Gasteiger partial charge in [-0.2, -0.15) is 8.88 Å². The Morgan fingerprint density at radius 1 is 0.977 bits per heavy atom. The van der Waals surface area contributed by atoms with Gasteiger partial charge in [-0.1, -0.05) is 0 Å². The summed E-state index contributed by atoms with van der Waals surface area (Å²) in [7, 11) is -10.7. The fourth-order valence-corrected chi connectivity index (χ4v) is 6.67. The molecule has 2 aliphatic heterocycles. The summed E-state index contributed by atoms with van der Waals surface area (Å²) in [6.45, 7) is -1.80. The van der Waals surface area contributed by atoms with Gasteiger partial charge in [0.05, 0.1) is 19.5 Å². The van der Waals surface area contributed by atoms with Crippen LogP contribution < -0.4 is 16.0 Å². The van der Waals surface area contributed by atoms with Crippen LogP contribution in [0.15, 0.2) is 37.2 Å². The Balaban J connectivity index is 1.16. The molecule has 2 fully saturated rings. The molecule has 3 aromatic rings. The molecule has 10 atom stereocenters. The minimum atomic E-state index is -5.37. The van der Waals surface area contributed by atoms with Gasteiger partial charge in [-0.05, 0) is 6.07 Å². The van der Waals surface area contributed by atoms with E-state index in [1.807, 2.05) is 0 Å². The third-order valence-corrected chi connectivity index (χ3v) is 9.35. The van der Waals surface area contributed by atoms with Crippen molar-refractivity contribution in [1.29, 1.82) is 0 Å². The zero-order valence-electron chi connectivity index (χ0n) is 22.2. The van der Waals surface area contributed by atoms with Gasteiger partial charge in [0.15, 0.2) is 36.2 Å². The van der Waals surface area contributed by atoms with E-state index < -0.39 is 83.8 Å². The van der Waals surface area contributed by atoms with Crippen LogP contribution in [0.25, 0.3) is 11.2 Å². The molecule has 2 saturated heterocycles. The van der Waals surface area contributed by atoms with E-state index in [-0.39, 0.29) is 22.5 Å². The highest BCUT2D eigenvalue weighted by Gasteiger charge is 2.50. The van der Waals surface area contributed by atoms with Crippen LogP contribution >= 0.6 is 15.6 Å². The molecule has 240 valence electrons. The third-order valence-electron chi connectivity index (χ3n) is 6.75. The zero-order chi connectivity index (χ0) is 32.0. The first-order chi connectivity index (χ1) is 20.7. The monoisotopic (exact) mass is 664 g/mol. The summed E-state index contributed by atoms with van der Waals surface area (Å²) in [5, 5.41) is 41.6. The van der Waals surface area contributed by atoms with E-state index in [0.717, 1.165) is 6.33 Å². The van der Waals surface area contributed by atoms with Gasteiger partial charge >= 0.3 is 15.6 Å². The smallest absolute Gasteiger partial charge is 0.387 e. The van der Waals surface area contributed by atoms with Crippen molar-refractivity contribution in [3.63, 3.8) is 0 Å². The Hall–Kier alpha value is -3.01. The molecule has 1 amide bonds. The first kappa shape index (κ1) is 32.4. The lowest BCUT2D eigenvalue weighted by Crippen LogP contribution is -2.46. The van der Waals surface area contributed by atoms with Crippen LogP contribution in [0.5, 0.6) is 0 Å². The van der Waals surface area contributed by atoms with E-state index >= 15 is 0 Å². The van der Waals surface area contributed by atoms with E-state index in [1.165, 1.54) is 40.0 Å². The number of hydrogen-bond donors (Lipinski definition) is 8. The number of nitrogens with zero attached hydrogens (tertiary/aromatic N) is 5. The number of ether oxygens (including phenoxy) is 2. The van der Waals surface area contributed by atoms with E-state index in [0.29, 0.717) is 0 Å². The van der Waals surface area contributed by atoms with Crippen molar-refractivity contribution in [2.24, 2.45) is 5.73 Å². The Morgan fingerprint density at radius 3 is 2.27 bits per heavy atom. The van der Waals surface area contributed by atoms with Crippen LogP contribution in [0.4, 0.5) is 5.82 Å². The van der Waals surface area contributed by atoms with Crippen molar-refractivity contribution < 1.29 is 71.5 Å². The topological polar surface area (TPSA) is 318 Å². The Labute approximate surface area is 246 Å². The van der Waals surface area contributed by atoms with Crippen LogP contribution in [-0.4, -0.2) is 105 Å². The fraction of sp³-hybridized carbons (Fsp3) is 0.476. The second-order valence-electron chi connectivity index (χ2n) is 9.69. The molecule has 0 radical (unpaired) electrons. The van der Waals surface area contributed by atoms with Gasteiger partial charge in [0.25, 0.3) is 12.1 Å². The third kappa shape index (κ3) is 6.65. The molecule has 0 aliphatic carbocycles. The standard InChI is InChI=1S/C21H27N7O14P2/c22-17-12-19(25-7-24-17)28(8-26-12)21-16(32)14(30)11(41-21)6-39-44(36,37)42-43(34,35)38-5-10-13(29)15(31)20(40-10)27-3-1-2-9(4-27)18(23)33/h1-4,7-8,10-11,13-16,20-21,29-32H,5-6H2,(H5-,22,23,24,25,33,34,35,36,37)/p+1/t10-,11-,13?,14?,15?,16?,20-,21-/m0/s1. The maximum absolute atomic E-state index is 12.4. The first-order valence-electron chi connectivity index (χ1n) is 12.6. The maximum Gasteiger partial charge on any atom is 0.481 e. The molecule has 44 heavy (non-hydrogen) atoms. The molecule has 0 bridgehead atoms. The van der Waals surface area contributed by atoms with Gasteiger partial charge in [-0.3, -0.25) is 18.4 Å². The summed E-state index contributed by atoms with van der Waals surface area (Å²) in [6.07, 6.45) is -6.85. The summed E-state index contributed by atoms with van der Waals surface area (Å²) < 4.78 is 52.0. The molecule has 21 nitrogen and oxygen atoms in total. The van der Waals surface area contributed by atoms with Crippen molar-refractivity contribution >= 4 is 38.5 Å². The lowest BCUT2D eigenvalue weighted by atomic mass is 10.1. The number of aliphatic hydroxyl groups excluding tert-OH is 4. The lowest BCUT2D eigenvalue weighted by molar-refractivity contribution is -0.765. The summed E-state index contributed by atoms with van der Waals surface area (Å²) in [5.74, 6) is -0.714. The number of carbonyl (C=O) groups excluding carboxylic acids is 1. The molecule has 0 spiro atoms. The van der Waals surface area contributed by atoms with E-state index in [2.05, 4.69) is 23.8 Å². The second kappa shape index (κ2) is 12.4. The maximum atomic E-state index is 12.4. The quantitative estimate of drug-likeness (QED) is 0.0747. The van der Waals surface area contributed by atoms with Crippen LogP contribution in [0.2, 0.25) is 0 Å². The number of primary amides is 1. The molecular weight excluding hydrogens is 636 g/mol. The second-order valence-corrected chi connectivity index (χ2v) is 12.7. The Morgan fingerprint density at radius 2 is 1.61 bits per heavy atom. The number of pyridine rings is 1. The predicted octanol–water partition coefficient (Wildman–Crippen LogP) is -3.02. The van der Waals surface area contributed by atoms with Gasteiger partial charge in [0.2, 0.25) is 0 Å². The van der Waals surface area contributed by atoms with Gasteiger partial charge in [-0.25, -0.2) is 24.1 Å². The number of anilines is 1. The fourth-order valence-electron chi connectivity index (χ4n) is 4.58. The van der Waals surface area contributed by atoms with Crippen LogP contribution in [0.1, 0.15) is 22.8 Å². The Bertz CT molecular complexity index is 1630. The number of aromatic nitrogens is 5.